The van der Waals surface area contributed by atoms with E-state index in [1.165, 1.54) is 5.06 Å². The van der Waals surface area contributed by atoms with Crippen LogP contribution in [0.1, 0.15) is 51.0 Å². The maximum atomic E-state index is 13.7. The Morgan fingerprint density at radius 3 is 2.36 bits per heavy atom. The van der Waals surface area contributed by atoms with Crippen LogP contribution in [0.15, 0.2) is 30.3 Å². The zero-order valence-corrected chi connectivity index (χ0v) is 20.3. The monoisotopic (exact) mass is 503 g/mol. The van der Waals surface area contributed by atoms with Crippen LogP contribution in [0.4, 0.5) is 13.6 Å². The van der Waals surface area contributed by atoms with Crippen LogP contribution in [0.3, 0.4) is 0 Å². The maximum Gasteiger partial charge on any atom is 0.426 e. The summed E-state index contributed by atoms with van der Waals surface area (Å²) in [7, 11) is 0. The molecule has 4 rings (SSSR count). The average molecular weight is 504 g/mol. The van der Waals surface area contributed by atoms with Crippen molar-refractivity contribution in [3.63, 3.8) is 0 Å². The molecule has 36 heavy (non-hydrogen) atoms. The number of halogens is 2. The molecule has 0 radical (unpaired) electrons. The number of carbonyl (C=O) groups excluding carboxylic acids is 3. The Bertz CT molecular complexity index is 1030. The molecule has 0 unspecified atom stereocenters. The summed E-state index contributed by atoms with van der Waals surface area (Å²) in [5.74, 6) is -3.96. The van der Waals surface area contributed by atoms with Gasteiger partial charge in [0.2, 0.25) is 17.7 Å². The lowest BCUT2D eigenvalue weighted by Crippen LogP contribution is -2.53. The van der Waals surface area contributed by atoms with Crippen LogP contribution in [0.25, 0.3) is 0 Å². The predicted octanol–water partition coefficient (Wildman–Crippen LogP) is 2.73. The minimum atomic E-state index is -3.22. The van der Waals surface area contributed by atoms with Crippen LogP contribution in [0.5, 0.6) is 0 Å². The van der Waals surface area contributed by atoms with E-state index in [1.54, 1.807) is 0 Å². The first-order valence-corrected chi connectivity index (χ1v) is 12.2. The summed E-state index contributed by atoms with van der Waals surface area (Å²) in [4.78, 5) is 45.3. The van der Waals surface area contributed by atoms with Crippen molar-refractivity contribution < 1.29 is 28.0 Å². The number of piperidine rings is 1. The van der Waals surface area contributed by atoms with Gasteiger partial charge < -0.3 is 20.4 Å². The summed E-state index contributed by atoms with van der Waals surface area (Å²) in [5.41, 5.74) is -0.472. The molecule has 1 saturated carbocycles. The number of nitriles is 1. The largest absolute Gasteiger partial charge is 0.426 e. The third-order valence-corrected chi connectivity index (χ3v) is 7.21. The summed E-state index contributed by atoms with van der Waals surface area (Å²) in [6, 6.07) is 10.2. The summed E-state index contributed by atoms with van der Waals surface area (Å²) in [5, 5.41) is 15.2. The molecule has 0 bridgehead atoms. The molecule has 9 nitrogen and oxygen atoms in total. The highest BCUT2D eigenvalue weighted by Gasteiger charge is 2.49. The van der Waals surface area contributed by atoms with Crippen molar-refractivity contribution in [2.45, 2.75) is 69.5 Å². The van der Waals surface area contributed by atoms with Crippen LogP contribution in [-0.4, -0.2) is 65.0 Å². The van der Waals surface area contributed by atoms with Gasteiger partial charge >= 0.3 is 6.09 Å². The first-order valence-electron chi connectivity index (χ1n) is 12.2. The normalized spacial score (nSPS) is 21.5. The number of hydrogen-bond donors (Lipinski definition) is 2. The van der Waals surface area contributed by atoms with Gasteiger partial charge in [-0.1, -0.05) is 30.3 Å². The van der Waals surface area contributed by atoms with E-state index >= 15 is 0 Å². The number of rotatable bonds is 8. The van der Waals surface area contributed by atoms with E-state index in [4.69, 9.17) is 10.1 Å². The van der Waals surface area contributed by atoms with Crippen LogP contribution in [-0.2, 0) is 21.0 Å². The van der Waals surface area contributed by atoms with Crippen molar-refractivity contribution in [2.75, 3.05) is 19.6 Å². The quantitative estimate of drug-likeness (QED) is 0.564. The smallest absolute Gasteiger partial charge is 0.351 e. The minimum absolute atomic E-state index is 0.101. The van der Waals surface area contributed by atoms with E-state index in [0.717, 1.165) is 12.0 Å². The number of likely N-dealkylation sites (tertiary alicyclic amines) is 1. The molecule has 2 aliphatic heterocycles. The van der Waals surface area contributed by atoms with E-state index < -0.39 is 41.3 Å². The molecule has 0 aromatic heterocycles. The van der Waals surface area contributed by atoms with Crippen molar-refractivity contribution in [1.29, 1.82) is 5.26 Å². The van der Waals surface area contributed by atoms with Crippen molar-refractivity contribution in [2.24, 2.45) is 5.41 Å². The van der Waals surface area contributed by atoms with Crippen LogP contribution >= 0.6 is 0 Å². The van der Waals surface area contributed by atoms with Gasteiger partial charge in [-0.2, -0.15) is 5.26 Å². The molecule has 2 saturated heterocycles. The number of nitrogens with one attached hydrogen (secondary N) is 2. The van der Waals surface area contributed by atoms with Gasteiger partial charge in [-0.15, -0.1) is 5.06 Å². The third kappa shape index (κ3) is 6.10. The number of hydrogen-bond acceptors (Lipinski definition) is 6. The maximum absolute atomic E-state index is 13.7. The SMILES string of the molecule is CC(F)(F)C[C@H](NC(=O)ON1CCC2(CC1)CCN(Cc1ccccc1)C2=O)C(=O)NC1(C#N)CC1. The first-order chi connectivity index (χ1) is 17.0. The Labute approximate surface area is 208 Å². The summed E-state index contributed by atoms with van der Waals surface area (Å²) < 4.78 is 27.3. The van der Waals surface area contributed by atoms with Crippen molar-refractivity contribution in [3.05, 3.63) is 35.9 Å². The fraction of sp³-hybridized carbons (Fsp3) is 0.600. The lowest BCUT2D eigenvalue weighted by Gasteiger charge is -2.36. The lowest BCUT2D eigenvalue weighted by molar-refractivity contribution is -0.153. The average Bonchev–Trinajstić information content (AvgIpc) is 3.55. The van der Waals surface area contributed by atoms with Crippen LogP contribution < -0.4 is 10.6 Å². The molecule has 11 heteroatoms. The second-order valence-corrected chi connectivity index (χ2v) is 10.2. The highest BCUT2D eigenvalue weighted by Crippen LogP contribution is 2.42. The molecule has 1 aliphatic carbocycles. The van der Waals surface area contributed by atoms with E-state index in [-0.39, 0.29) is 5.91 Å². The van der Waals surface area contributed by atoms with Crippen LogP contribution in [0.2, 0.25) is 0 Å². The van der Waals surface area contributed by atoms with Crippen molar-refractivity contribution in [3.8, 4) is 6.07 Å². The van der Waals surface area contributed by atoms with Gasteiger partial charge in [0.05, 0.1) is 11.5 Å². The molecule has 194 valence electrons. The minimum Gasteiger partial charge on any atom is -0.351 e. The van der Waals surface area contributed by atoms with Crippen molar-refractivity contribution in [1.82, 2.24) is 20.6 Å². The first kappa shape index (κ1) is 25.8. The Morgan fingerprint density at radius 1 is 1.14 bits per heavy atom. The number of hydroxylamine groups is 2. The number of amides is 3. The molecule has 2 N–H and O–H groups in total. The fourth-order valence-electron chi connectivity index (χ4n) is 4.88. The van der Waals surface area contributed by atoms with Crippen LogP contribution in [0, 0.1) is 16.7 Å². The Hall–Kier alpha value is -3.26. The Kier molecular flexibility index (Phi) is 7.18. The van der Waals surface area contributed by atoms with E-state index in [1.807, 2.05) is 41.3 Å². The second-order valence-electron chi connectivity index (χ2n) is 10.2. The molecule has 1 aromatic rings. The lowest BCUT2D eigenvalue weighted by atomic mass is 9.77. The van der Waals surface area contributed by atoms with E-state index in [0.29, 0.717) is 58.8 Å². The van der Waals surface area contributed by atoms with E-state index in [2.05, 4.69) is 10.6 Å². The topological polar surface area (TPSA) is 115 Å². The summed E-state index contributed by atoms with van der Waals surface area (Å²) in [6.45, 7) is 2.51. The number of alkyl halides is 2. The highest BCUT2D eigenvalue weighted by molar-refractivity contribution is 5.87. The summed E-state index contributed by atoms with van der Waals surface area (Å²) in [6.07, 6.45) is 0.661. The molecular formula is C25H31F2N5O4. The molecular weight excluding hydrogens is 472 g/mol. The zero-order chi connectivity index (χ0) is 26.0. The fourth-order valence-corrected chi connectivity index (χ4v) is 4.88. The molecule has 1 atom stereocenters. The Balaban J connectivity index is 1.28. The third-order valence-electron chi connectivity index (χ3n) is 7.21. The van der Waals surface area contributed by atoms with Gasteiger partial charge in [0.1, 0.15) is 11.6 Å². The van der Waals surface area contributed by atoms with Gasteiger partial charge in [-0.3, -0.25) is 9.59 Å². The number of carbonyl (C=O) groups is 3. The molecule has 2 heterocycles. The second kappa shape index (κ2) is 10.0. The van der Waals surface area contributed by atoms with Gasteiger partial charge in [0.15, 0.2) is 0 Å². The standard InChI is InChI=1S/C25H31F2N5O4/c1-23(26,27)15-19(20(33)30-25(17-28)7-8-25)29-22(35)36-32-13-10-24(11-14-32)9-12-31(21(24)34)16-18-5-3-2-4-6-18/h2-6,19H,7-16H2,1H3,(H,29,35)(H,30,33)/t19-/m0/s1. The highest BCUT2D eigenvalue weighted by atomic mass is 19.3. The summed E-state index contributed by atoms with van der Waals surface area (Å²) >= 11 is 0. The zero-order valence-electron chi connectivity index (χ0n) is 20.3. The molecule has 3 amide bonds. The number of benzene rings is 1. The van der Waals surface area contributed by atoms with Gasteiger partial charge in [-0.25, -0.2) is 13.6 Å². The molecule has 3 aliphatic rings. The molecule has 1 aromatic carbocycles. The van der Waals surface area contributed by atoms with Gasteiger partial charge in [0.25, 0.3) is 0 Å². The van der Waals surface area contributed by atoms with Crippen molar-refractivity contribution >= 4 is 17.9 Å². The predicted molar refractivity (Wildman–Crippen MR) is 124 cm³/mol. The number of nitrogens with zero attached hydrogens (tertiary/aromatic N) is 3. The van der Waals surface area contributed by atoms with E-state index in [9.17, 15) is 23.2 Å². The molecule has 1 spiro atoms. The Morgan fingerprint density at radius 2 is 1.78 bits per heavy atom. The molecule has 3 fully saturated rings. The van der Waals surface area contributed by atoms with Gasteiger partial charge in [-0.05, 0) is 44.6 Å². The van der Waals surface area contributed by atoms with Gasteiger partial charge in [0, 0.05) is 32.6 Å².